The van der Waals surface area contributed by atoms with Crippen molar-refractivity contribution in [2.75, 3.05) is 7.11 Å². The Kier molecular flexibility index (Phi) is 7.46. The summed E-state index contributed by atoms with van der Waals surface area (Å²) in [7, 11) is 1.66. The molecule has 0 radical (unpaired) electrons. The largest absolute Gasteiger partial charge is 0.497 e. The van der Waals surface area contributed by atoms with Crippen LogP contribution in [0.2, 0.25) is 0 Å². The quantitative estimate of drug-likeness (QED) is 0.388. The topological polar surface area (TPSA) is 18.5 Å². The molecule has 2 nitrogen and oxygen atoms in total. The van der Waals surface area contributed by atoms with Crippen LogP contribution in [0, 0.1) is 0 Å². The SMILES string of the molecule is COc1ccccc1.IC(Oc1ccccc1)c1ccccc1. The van der Waals surface area contributed by atoms with E-state index in [-0.39, 0.29) is 4.11 Å². The van der Waals surface area contributed by atoms with Crippen LogP contribution in [0.3, 0.4) is 0 Å². The number of alkyl halides is 1. The maximum absolute atomic E-state index is 5.79. The zero-order chi connectivity index (χ0) is 16.3. The van der Waals surface area contributed by atoms with E-state index in [1.807, 2.05) is 78.9 Å². The number of rotatable bonds is 4. The summed E-state index contributed by atoms with van der Waals surface area (Å²) in [6.07, 6.45) is 0. The van der Waals surface area contributed by atoms with Crippen LogP contribution in [0.1, 0.15) is 9.67 Å². The third kappa shape index (κ3) is 6.32. The number of halogens is 1. The van der Waals surface area contributed by atoms with Gasteiger partial charge in [-0.2, -0.15) is 0 Å². The molecule has 0 heterocycles. The third-order valence-corrected chi connectivity index (χ3v) is 4.00. The van der Waals surface area contributed by atoms with Crippen molar-refractivity contribution in [3.8, 4) is 11.5 Å². The van der Waals surface area contributed by atoms with Crippen molar-refractivity contribution >= 4 is 22.6 Å². The van der Waals surface area contributed by atoms with Gasteiger partial charge in [0.25, 0.3) is 0 Å². The summed E-state index contributed by atoms with van der Waals surface area (Å²) in [6.45, 7) is 0. The Morgan fingerprint density at radius 1 is 0.652 bits per heavy atom. The van der Waals surface area contributed by atoms with Crippen molar-refractivity contribution in [3.63, 3.8) is 0 Å². The number of ether oxygens (including phenoxy) is 2. The van der Waals surface area contributed by atoms with Crippen molar-refractivity contribution in [2.45, 2.75) is 4.11 Å². The molecular weight excluding hydrogens is 399 g/mol. The van der Waals surface area contributed by atoms with Gasteiger partial charge in [-0.25, -0.2) is 0 Å². The van der Waals surface area contributed by atoms with Crippen LogP contribution in [-0.4, -0.2) is 7.11 Å². The molecule has 0 saturated heterocycles. The summed E-state index contributed by atoms with van der Waals surface area (Å²) < 4.78 is 10.8. The molecule has 0 amide bonds. The molecule has 0 aliphatic rings. The molecule has 0 aromatic heterocycles. The summed E-state index contributed by atoms with van der Waals surface area (Å²) >= 11 is 2.29. The highest BCUT2D eigenvalue weighted by atomic mass is 127. The van der Waals surface area contributed by atoms with Crippen LogP contribution >= 0.6 is 22.6 Å². The second-order valence-electron chi connectivity index (χ2n) is 4.67. The fourth-order valence-electron chi connectivity index (χ4n) is 1.85. The van der Waals surface area contributed by atoms with Gasteiger partial charge in [0.1, 0.15) is 11.5 Å². The lowest BCUT2D eigenvalue weighted by Crippen LogP contribution is -1.98. The van der Waals surface area contributed by atoms with Crippen LogP contribution in [0.5, 0.6) is 11.5 Å². The van der Waals surface area contributed by atoms with Gasteiger partial charge in [0, 0.05) is 5.56 Å². The van der Waals surface area contributed by atoms with E-state index in [2.05, 4.69) is 34.7 Å². The number of para-hydroxylation sites is 2. The number of benzene rings is 3. The van der Waals surface area contributed by atoms with Crippen molar-refractivity contribution < 1.29 is 9.47 Å². The first-order valence-corrected chi connectivity index (χ1v) is 8.54. The molecule has 3 aromatic rings. The van der Waals surface area contributed by atoms with E-state index in [1.54, 1.807) is 7.11 Å². The minimum absolute atomic E-state index is 0.0613. The first-order chi connectivity index (χ1) is 11.3. The Morgan fingerprint density at radius 3 is 1.52 bits per heavy atom. The van der Waals surface area contributed by atoms with E-state index in [4.69, 9.17) is 9.47 Å². The Morgan fingerprint density at radius 2 is 1.09 bits per heavy atom. The monoisotopic (exact) mass is 418 g/mol. The van der Waals surface area contributed by atoms with Crippen molar-refractivity contribution in [2.24, 2.45) is 0 Å². The van der Waals surface area contributed by atoms with E-state index in [0.29, 0.717) is 0 Å². The normalized spacial score (nSPS) is 10.9. The first-order valence-electron chi connectivity index (χ1n) is 7.29. The van der Waals surface area contributed by atoms with Crippen molar-refractivity contribution in [1.29, 1.82) is 0 Å². The summed E-state index contributed by atoms with van der Waals surface area (Å²) in [6, 6.07) is 29.7. The lowest BCUT2D eigenvalue weighted by molar-refractivity contribution is 0.310. The fourth-order valence-corrected chi connectivity index (χ4v) is 2.56. The van der Waals surface area contributed by atoms with E-state index >= 15 is 0 Å². The summed E-state index contributed by atoms with van der Waals surface area (Å²) in [4.78, 5) is 0. The molecule has 1 unspecified atom stereocenters. The van der Waals surface area contributed by atoms with Gasteiger partial charge in [-0.15, -0.1) is 0 Å². The Balaban J connectivity index is 0.000000203. The molecule has 3 aromatic carbocycles. The van der Waals surface area contributed by atoms with Crippen LogP contribution < -0.4 is 9.47 Å². The Hall–Kier alpha value is -2.01. The summed E-state index contributed by atoms with van der Waals surface area (Å²) in [5, 5.41) is 0. The summed E-state index contributed by atoms with van der Waals surface area (Å²) in [5.74, 6) is 1.81. The van der Waals surface area contributed by atoms with Crippen molar-refractivity contribution in [1.82, 2.24) is 0 Å². The highest BCUT2D eigenvalue weighted by Crippen LogP contribution is 2.26. The molecule has 23 heavy (non-hydrogen) atoms. The van der Waals surface area contributed by atoms with Crippen molar-refractivity contribution in [3.05, 3.63) is 96.6 Å². The number of hydrogen-bond acceptors (Lipinski definition) is 2. The van der Waals surface area contributed by atoms with Crippen LogP contribution in [-0.2, 0) is 0 Å². The molecule has 0 N–H and O–H groups in total. The van der Waals surface area contributed by atoms with Gasteiger partial charge in [-0.05, 0) is 46.9 Å². The highest BCUT2D eigenvalue weighted by Gasteiger charge is 2.07. The molecule has 0 bridgehead atoms. The zero-order valence-electron chi connectivity index (χ0n) is 12.9. The second-order valence-corrected chi connectivity index (χ2v) is 5.81. The standard InChI is InChI=1S/C13H11IO.C7H8O/c14-13(11-7-3-1-4-8-11)15-12-9-5-2-6-10-12;1-8-7-5-3-2-4-6-7/h1-10,13H;2-6H,1H3. The van der Waals surface area contributed by atoms with Gasteiger partial charge in [0.05, 0.1) is 7.11 Å². The van der Waals surface area contributed by atoms with Gasteiger partial charge >= 0.3 is 0 Å². The molecule has 1 atom stereocenters. The van der Waals surface area contributed by atoms with Crippen LogP contribution in [0.4, 0.5) is 0 Å². The van der Waals surface area contributed by atoms with Gasteiger partial charge < -0.3 is 9.47 Å². The molecular formula is C20H19IO2. The maximum Gasteiger partial charge on any atom is 0.174 e. The average molecular weight is 418 g/mol. The third-order valence-electron chi connectivity index (χ3n) is 3.02. The minimum Gasteiger partial charge on any atom is -0.497 e. The predicted octanol–water partition coefficient (Wildman–Crippen LogP) is 5.89. The fraction of sp³-hybridized carbons (Fsp3) is 0.100. The molecule has 0 aliphatic carbocycles. The lowest BCUT2D eigenvalue weighted by atomic mass is 10.2. The molecule has 0 saturated carbocycles. The van der Waals surface area contributed by atoms with E-state index in [9.17, 15) is 0 Å². The molecule has 3 heteroatoms. The molecule has 0 fully saturated rings. The van der Waals surface area contributed by atoms with Crippen LogP contribution in [0.15, 0.2) is 91.0 Å². The first kappa shape index (κ1) is 17.3. The zero-order valence-corrected chi connectivity index (χ0v) is 15.1. The molecule has 118 valence electrons. The highest BCUT2D eigenvalue weighted by molar-refractivity contribution is 14.1. The minimum atomic E-state index is 0.0613. The van der Waals surface area contributed by atoms with E-state index in [1.165, 1.54) is 5.56 Å². The average Bonchev–Trinajstić information content (AvgIpc) is 2.64. The maximum atomic E-state index is 5.79. The number of hydrogen-bond donors (Lipinski definition) is 0. The molecule has 0 aliphatic heterocycles. The van der Waals surface area contributed by atoms with E-state index < -0.39 is 0 Å². The van der Waals surface area contributed by atoms with Gasteiger partial charge in [0.2, 0.25) is 0 Å². The number of methoxy groups -OCH3 is 1. The summed E-state index contributed by atoms with van der Waals surface area (Å²) in [5.41, 5.74) is 1.18. The predicted molar refractivity (Wildman–Crippen MR) is 103 cm³/mol. The second kappa shape index (κ2) is 9.90. The Labute approximate surface area is 151 Å². The molecule has 3 rings (SSSR count). The van der Waals surface area contributed by atoms with Gasteiger partial charge in [-0.3, -0.25) is 0 Å². The smallest absolute Gasteiger partial charge is 0.174 e. The van der Waals surface area contributed by atoms with Gasteiger partial charge in [-0.1, -0.05) is 66.7 Å². The molecule has 0 spiro atoms. The Bertz CT molecular complexity index is 657. The van der Waals surface area contributed by atoms with Gasteiger partial charge in [0.15, 0.2) is 4.11 Å². The van der Waals surface area contributed by atoms with E-state index in [0.717, 1.165) is 11.5 Å². The lowest BCUT2D eigenvalue weighted by Gasteiger charge is -2.12. The van der Waals surface area contributed by atoms with Crippen LogP contribution in [0.25, 0.3) is 0 Å².